The Balaban J connectivity index is 1.68. The number of rotatable bonds is 8. The minimum atomic E-state index is -3.37. The number of hydrogen-bond donors (Lipinski definition) is 0. The zero-order valence-electron chi connectivity index (χ0n) is 16.8. The number of benzene rings is 2. The second kappa shape index (κ2) is 9.50. The number of nitrogens with zero attached hydrogens (tertiary/aromatic N) is 2. The molecule has 0 N–H and O–H groups in total. The highest BCUT2D eigenvalue weighted by molar-refractivity contribution is 7.91. The molecule has 3 aromatic rings. The molecule has 0 spiro atoms. The lowest BCUT2D eigenvalue weighted by Gasteiger charge is -2.02. The van der Waals surface area contributed by atoms with E-state index >= 15 is 0 Å². The zero-order chi connectivity index (χ0) is 20.9. The van der Waals surface area contributed by atoms with Crippen LogP contribution in [-0.2, 0) is 28.1 Å². The van der Waals surface area contributed by atoms with E-state index in [0.29, 0.717) is 9.70 Å². The molecular formula is C22H26N2O3S2. The minimum absolute atomic E-state index is 0.0579. The van der Waals surface area contributed by atoms with E-state index in [1.54, 1.807) is 30.3 Å². The van der Waals surface area contributed by atoms with Crippen LogP contribution in [0.25, 0.3) is 10.2 Å². The molecule has 0 aliphatic rings. The summed E-state index contributed by atoms with van der Waals surface area (Å²) in [6.45, 7) is 2.18. The molecule has 29 heavy (non-hydrogen) atoms. The fraction of sp³-hybridized carbons (Fsp3) is 0.364. The van der Waals surface area contributed by atoms with Crippen molar-refractivity contribution < 1.29 is 13.2 Å². The Bertz CT molecular complexity index is 1160. The maximum Gasteiger partial charge on any atom is 0.248 e. The van der Waals surface area contributed by atoms with Crippen LogP contribution < -0.4 is 4.80 Å². The Morgan fingerprint density at radius 1 is 1.10 bits per heavy atom. The Morgan fingerprint density at radius 2 is 1.86 bits per heavy atom. The fourth-order valence-electron chi connectivity index (χ4n) is 3.14. The molecule has 1 heterocycles. The molecule has 3 rings (SSSR count). The fourth-order valence-corrected chi connectivity index (χ4v) is 5.57. The smallest absolute Gasteiger partial charge is 0.248 e. The number of unbranched alkanes of at least 4 members (excludes halogenated alkanes) is 1. The van der Waals surface area contributed by atoms with Crippen molar-refractivity contribution in [1.82, 2.24) is 4.57 Å². The number of amides is 1. The Kier molecular flexibility index (Phi) is 7.03. The van der Waals surface area contributed by atoms with Gasteiger partial charge in [-0.1, -0.05) is 48.9 Å². The third-order valence-corrected chi connectivity index (χ3v) is 7.73. The van der Waals surface area contributed by atoms with Crippen LogP contribution in [0.2, 0.25) is 0 Å². The molecule has 2 aromatic carbocycles. The van der Waals surface area contributed by atoms with Gasteiger partial charge in [0.25, 0.3) is 0 Å². The summed E-state index contributed by atoms with van der Waals surface area (Å²) in [5.74, 6) is -0.348. The topological polar surface area (TPSA) is 68.5 Å². The molecule has 0 fully saturated rings. The minimum Gasteiger partial charge on any atom is -0.319 e. The van der Waals surface area contributed by atoms with E-state index in [1.165, 1.54) is 16.9 Å². The SMILES string of the molecule is CCCCc1ccc2c(c1)sc(=NC(=O)CCCS(=O)(=O)c1ccccc1)n2C. The average molecular weight is 431 g/mol. The summed E-state index contributed by atoms with van der Waals surface area (Å²) in [6.07, 6.45) is 3.74. The van der Waals surface area contributed by atoms with Gasteiger partial charge in [-0.3, -0.25) is 4.79 Å². The third kappa shape index (κ3) is 5.42. The first kappa shape index (κ1) is 21.5. The Labute approximate surface area is 175 Å². The molecule has 5 nitrogen and oxygen atoms in total. The molecule has 0 saturated heterocycles. The molecule has 1 amide bonds. The van der Waals surface area contributed by atoms with Crippen LogP contribution in [0.15, 0.2) is 58.4 Å². The van der Waals surface area contributed by atoms with Crippen molar-refractivity contribution in [3.05, 3.63) is 58.9 Å². The third-order valence-electron chi connectivity index (χ3n) is 4.82. The van der Waals surface area contributed by atoms with E-state index in [9.17, 15) is 13.2 Å². The van der Waals surface area contributed by atoms with Gasteiger partial charge >= 0.3 is 0 Å². The highest BCUT2D eigenvalue weighted by Gasteiger charge is 2.14. The molecule has 0 unspecified atom stereocenters. The van der Waals surface area contributed by atoms with Crippen molar-refractivity contribution in [3.63, 3.8) is 0 Å². The second-order valence-corrected chi connectivity index (χ2v) is 10.2. The monoisotopic (exact) mass is 430 g/mol. The maximum absolute atomic E-state index is 12.3. The van der Waals surface area contributed by atoms with Gasteiger partial charge in [-0.25, -0.2) is 8.42 Å². The first-order chi connectivity index (χ1) is 13.9. The molecule has 0 saturated carbocycles. The van der Waals surface area contributed by atoms with E-state index in [-0.39, 0.29) is 24.5 Å². The van der Waals surface area contributed by atoms with Gasteiger partial charge < -0.3 is 4.57 Å². The highest BCUT2D eigenvalue weighted by Crippen LogP contribution is 2.20. The maximum atomic E-state index is 12.3. The lowest BCUT2D eigenvalue weighted by molar-refractivity contribution is -0.118. The van der Waals surface area contributed by atoms with Crippen LogP contribution in [-0.4, -0.2) is 24.6 Å². The molecule has 0 bridgehead atoms. The number of fused-ring (bicyclic) bond motifs is 1. The predicted octanol–water partition coefficient (Wildman–Crippen LogP) is 4.26. The molecular weight excluding hydrogens is 404 g/mol. The average Bonchev–Trinajstić information content (AvgIpc) is 3.01. The summed E-state index contributed by atoms with van der Waals surface area (Å²) in [4.78, 5) is 17.5. The molecule has 0 atom stereocenters. The van der Waals surface area contributed by atoms with Gasteiger partial charge in [0.2, 0.25) is 5.91 Å². The lowest BCUT2D eigenvalue weighted by atomic mass is 10.1. The number of aromatic nitrogens is 1. The van der Waals surface area contributed by atoms with Crippen LogP contribution >= 0.6 is 11.3 Å². The van der Waals surface area contributed by atoms with Crippen LogP contribution in [0.3, 0.4) is 0 Å². The normalized spacial score (nSPS) is 12.6. The molecule has 0 radical (unpaired) electrons. The van der Waals surface area contributed by atoms with Gasteiger partial charge in [0.1, 0.15) is 0 Å². The number of sulfone groups is 1. The number of aryl methyl sites for hydroxylation is 2. The quantitative estimate of drug-likeness (QED) is 0.536. The molecule has 0 aliphatic heterocycles. The largest absolute Gasteiger partial charge is 0.319 e. The second-order valence-electron chi connectivity index (χ2n) is 7.09. The van der Waals surface area contributed by atoms with Gasteiger partial charge in [0.15, 0.2) is 14.6 Å². The zero-order valence-corrected chi connectivity index (χ0v) is 18.4. The van der Waals surface area contributed by atoms with Crippen molar-refractivity contribution in [1.29, 1.82) is 0 Å². The number of carbonyl (C=O) groups excluding carboxylic acids is 1. The summed E-state index contributed by atoms with van der Waals surface area (Å²) < 4.78 is 27.6. The van der Waals surface area contributed by atoms with Crippen LogP contribution in [0.1, 0.15) is 38.2 Å². The summed E-state index contributed by atoms with van der Waals surface area (Å²) in [6, 6.07) is 14.7. The van der Waals surface area contributed by atoms with Crippen molar-refractivity contribution in [2.75, 3.05) is 5.75 Å². The Hall–Kier alpha value is -2.25. The van der Waals surface area contributed by atoms with Gasteiger partial charge in [-0.2, -0.15) is 4.99 Å². The summed E-state index contributed by atoms with van der Waals surface area (Å²) in [7, 11) is -1.47. The van der Waals surface area contributed by atoms with E-state index in [1.807, 2.05) is 11.6 Å². The highest BCUT2D eigenvalue weighted by atomic mass is 32.2. The predicted molar refractivity (Wildman–Crippen MR) is 118 cm³/mol. The number of carbonyl (C=O) groups is 1. The first-order valence-corrected chi connectivity index (χ1v) is 12.3. The molecule has 154 valence electrons. The van der Waals surface area contributed by atoms with Crippen LogP contribution in [0.5, 0.6) is 0 Å². The van der Waals surface area contributed by atoms with Gasteiger partial charge in [-0.15, -0.1) is 0 Å². The van der Waals surface area contributed by atoms with Crippen molar-refractivity contribution in [2.45, 2.75) is 43.9 Å². The van der Waals surface area contributed by atoms with Crippen LogP contribution in [0.4, 0.5) is 0 Å². The number of hydrogen-bond acceptors (Lipinski definition) is 4. The molecule has 7 heteroatoms. The van der Waals surface area contributed by atoms with E-state index in [0.717, 1.165) is 29.5 Å². The standard InChI is InChI=1S/C22H26N2O3S2/c1-3-4-9-17-13-14-19-20(16-17)28-22(24(19)2)23-21(25)12-8-15-29(26,27)18-10-6-5-7-11-18/h5-7,10-11,13-14,16H,3-4,8-9,12,15H2,1-2H3. The van der Waals surface area contributed by atoms with Gasteiger partial charge in [0, 0.05) is 13.5 Å². The van der Waals surface area contributed by atoms with Crippen LogP contribution in [0, 0.1) is 0 Å². The van der Waals surface area contributed by atoms with E-state index < -0.39 is 9.84 Å². The number of thiazole rings is 1. The Morgan fingerprint density at radius 3 is 2.59 bits per heavy atom. The molecule has 1 aromatic heterocycles. The lowest BCUT2D eigenvalue weighted by Crippen LogP contribution is -2.14. The summed E-state index contributed by atoms with van der Waals surface area (Å²) in [5, 5.41) is 0. The van der Waals surface area contributed by atoms with Crippen molar-refractivity contribution in [2.24, 2.45) is 12.0 Å². The van der Waals surface area contributed by atoms with E-state index in [4.69, 9.17) is 0 Å². The molecule has 0 aliphatic carbocycles. The van der Waals surface area contributed by atoms with E-state index in [2.05, 4.69) is 30.1 Å². The van der Waals surface area contributed by atoms with Crippen molar-refractivity contribution >= 4 is 37.3 Å². The van der Waals surface area contributed by atoms with Gasteiger partial charge in [0.05, 0.1) is 20.9 Å². The first-order valence-electron chi connectivity index (χ1n) is 9.84. The summed E-state index contributed by atoms with van der Waals surface area (Å²) in [5.41, 5.74) is 2.35. The van der Waals surface area contributed by atoms with Gasteiger partial charge in [-0.05, 0) is 49.1 Å². The summed E-state index contributed by atoms with van der Waals surface area (Å²) >= 11 is 1.49. The van der Waals surface area contributed by atoms with Crippen molar-refractivity contribution in [3.8, 4) is 0 Å².